The fourth-order valence-electron chi connectivity index (χ4n) is 23.2. The van der Waals surface area contributed by atoms with Crippen LogP contribution in [0.25, 0.3) is 165 Å². The Balaban J connectivity index is 0.934. The highest BCUT2D eigenvalue weighted by molar-refractivity contribution is 7.26. The molecule has 646 valence electrons. The molecule has 11 aromatic carbocycles. The van der Waals surface area contributed by atoms with Gasteiger partial charge in [0, 0.05) is 156 Å². The Morgan fingerprint density at radius 2 is 0.587 bits per heavy atom. The molecule has 6 amide bonds. The topological polar surface area (TPSA) is 134 Å². The van der Waals surface area contributed by atoms with Crippen LogP contribution in [-0.4, -0.2) is 72.8 Å². The van der Waals surface area contributed by atoms with Crippen LogP contribution in [-0.2, 0) is 12.8 Å². The SMILES string of the molecule is C=c1c2ccc3c4ccc5c6c(c(-c7cc8c(-c9ccc(CC(CC)CCCC)s9)c9sc(-c%10cc%11c%12ccc%13c%14c(ccc(c%15ccc%16c(c%10C(=O)N(C(CCC)CCC)C%16=O)c%15%11)c%14%12)C(=O)N(C(CCC)CCC)C%13=O)cc9c(-c9ccc(CC(CC)CCCC)s9)c8s7)cc(c7ccc(c(=O)n1C(CCC)CCC)c2c37)c64)C(=O)N(C(CCC)CCC)C5=O. The molecule has 0 fully saturated rings. The molecule has 5 aromatic heterocycles. The van der Waals surface area contributed by atoms with Gasteiger partial charge >= 0.3 is 0 Å². The molecule has 2 atom stereocenters. The van der Waals surface area contributed by atoms with Gasteiger partial charge in [-0.05, 0) is 220 Å². The molecule has 15 heteroatoms. The first kappa shape index (κ1) is 85.4. The molecule has 0 bridgehead atoms. The molecule has 2 unspecified atom stereocenters. The number of hydrogen-bond acceptors (Lipinski definition) is 11. The van der Waals surface area contributed by atoms with Crippen molar-refractivity contribution in [1.29, 1.82) is 0 Å². The van der Waals surface area contributed by atoms with E-state index in [1.807, 2.05) is 69.7 Å². The second kappa shape index (κ2) is 34.5. The molecule has 0 N–H and O–H groups in total. The van der Waals surface area contributed by atoms with E-state index in [1.54, 1.807) is 37.4 Å². The van der Waals surface area contributed by atoms with E-state index >= 15 is 33.6 Å². The van der Waals surface area contributed by atoms with Crippen LogP contribution in [0.4, 0.5) is 0 Å². The zero-order valence-corrected chi connectivity index (χ0v) is 78.6. The molecule has 3 aliphatic heterocycles. The molecular weight excluding hydrogens is 1630 g/mol. The van der Waals surface area contributed by atoms with Gasteiger partial charge in [0.1, 0.15) is 0 Å². The standard InChI is InChI=1S/C111H116N4O7S4/c1-14-26-36-61(24-11)54-67-38-52-87(123-67)97-85-58-89(83-56-81-74-45-48-76-91-69(60(13)112(105(76)116)63(28-16-3)29-17-4)40-41-70(92(74)91)72-43-50-79-99(94(72)81)101(83)110(121)114(108(79)119)65(32-20-7)33-21-8)125-103(85)98(88-53-39-68(124-88)55-62(25-12)37-27-15-2)86-59-90(126-104(86)97)84-57-82-75-46-49-78-96-77(106(117)113(107(78)118)64(30-18-5)31-19-6)47-42-71(93(75)96)73-44-51-80-100(95(73)82)102(84)111(122)115(109(80)120)66(34-22-9)35-23-10/h38-53,56-59,61-66H,13-37,54-55H2,1-12H3. The fourth-order valence-corrected chi connectivity index (χ4v) is 28.2. The van der Waals surface area contributed by atoms with Crippen LogP contribution in [0.15, 0.2) is 126 Å². The lowest BCUT2D eigenvalue weighted by Crippen LogP contribution is -2.47. The number of carbonyl (C=O) groups excluding carboxylic acids is 6. The number of thiophene rings is 4. The van der Waals surface area contributed by atoms with Crippen molar-refractivity contribution in [2.24, 2.45) is 11.8 Å². The van der Waals surface area contributed by atoms with Gasteiger partial charge in [-0.1, -0.05) is 235 Å². The summed E-state index contributed by atoms with van der Waals surface area (Å²) in [6.45, 7) is 31.1. The number of imide groups is 3. The summed E-state index contributed by atoms with van der Waals surface area (Å²) in [6, 6.07) is 42.3. The third-order valence-electron chi connectivity index (χ3n) is 29.1. The van der Waals surface area contributed by atoms with Crippen LogP contribution in [0, 0.1) is 11.8 Å². The van der Waals surface area contributed by atoms with E-state index < -0.39 is 0 Å². The second-order valence-corrected chi connectivity index (χ2v) is 41.3. The molecular formula is C111H116N4O7S4. The molecule has 0 radical (unpaired) electrons. The van der Waals surface area contributed by atoms with E-state index in [0.717, 1.165) is 271 Å². The summed E-state index contributed by atoms with van der Waals surface area (Å²) in [7, 11) is 0. The quantitative estimate of drug-likeness (QED) is 0.0217. The largest absolute Gasteiger partial charge is 0.305 e. The third-order valence-corrected chi connectivity index (χ3v) is 33.7. The van der Waals surface area contributed by atoms with Crippen molar-refractivity contribution in [2.75, 3.05) is 0 Å². The van der Waals surface area contributed by atoms with Crippen molar-refractivity contribution >= 4 is 204 Å². The molecule has 126 heavy (non-hydrogen) atoms. The monoisotopic (exact) mass is 1740 g/mol. The Bertz CT molecular complexity index is 7060. The molecule has 8 heterocycles. The number of fused-ring (bicyclic) bond motifs is 6. The molecule has 16 aromatic rings. The number of carbonyl (C=O) groups is 6. The van der Waals surface area contributed by atoms with Crippen LogP contribution >= 0.6 is 45.3 Å². The highest BCUT2D eigenvalue weighted by atomic mass is 32.1. The lowest BCUT2D eigenvalue weighted by molar-refractivity contribution is 0.0505. The fraction of sp³-hybridized carbons (Fsp3) is 0.396. The minimum atomic E-state index is -0.343. The van der Waals surface area contributed by atoms with Crippen LogP contribution < -0.4 is 10.9 Å². The summed E-state index contributed by atoms with van der Waals surface area (Å²) in [6.07, 6.45) is 23.4. The number of benzene rings is 11. The van der Waals surface area contributed by atoms with Gasteiger partial charge in [0.2, 0.25) is 0 Å². The van der Waals surface area contributed by atoms with E-state index in [4.69, 9.17) is 6.58 Å². The van der Waals surface area contributed by atoms with Gasteiger partial charge in [-0.2, -0.15) is 0 Å². The lowest BCUT2D eigenvalue weighted by Gasteiger charge is -2.36. The van der Waals surface area contributed by atoms with Gasteiger partial charge in [0.05, 0.1) is 11.1 Å². The van der Waals surface area contributed by atoms with Crippen molar-refractivity contribution in [3.63, 3.8) is 0 Å². The van der Waals surface area contributed by atoms with Gasteiger partial charge in [-0.25, -0.2) is 0 Å². The number of rotatable bonds is 36. The Kier molecular flexibility index (Phi) is 23.4. The number of unbranched alkanes of at least 4 members (excludes halogenated alkanes) is 2. The highest BCUT2D eigenvalue weighted by Gasteiger charge is 2.45. The zero-order chi connectivity index (χ0) is 87.7. The zero-order valence-electron chi connectivity index (χ0n) is 75.4. The first-order valence-corrected chi connectivity index (χ1v) is 51.0. The van der Waals surface area contributed by atoms with Gasteiger partial charge in [0.25, 0.3) is 41.0 Å². The van der Waals surface area contributed by atoms with Crippen molar-refractivity contribution in [1.82, 2.24) is 19.3 Å². The van der Waals surface area contributed by atoms with Crippen molar-refractivity contribution < 1.29 is 28.8 Å². The van der Waals surface area contributed by atoms with E-state index in [2.05, 4.69) is 162 Å². The Hall–Kier alpha value is -10.0. The van der Waals surface area contributed by atoms with E-state index in [0.29, 0.717) is 105 Å². The van der Waals surface area contributed by atoms with Gasteiger partial charge in [-0.3, -0.25) is 48.3 Å². The molecule has 0 spiro atoms. The highest BCUT2D eigenvalue weighted by Crippen LogP contribution is 2.59. The molecule has 19 rings (SSSR count). The summed E-state index contributed by atoms with van der Waals surface area (Å²) in [4.78, 5) is 123. The molecule has 3 aliphatic rings. The summed E-state index contributed by atoms with van der Waals surface area (Å²) in [5.41, 5.74) is 6.66. The number of pyridine rings is 1. The number of nitrogens with zero attached hydrogens (tertiary/aromatic N) is 4. The lowest BCUT2D eigenvalue weighted by atomic mass is 9.80. The third kappa shape index (κ3) is 13.4. The van der Waals surface area contributed by atoms with Crippen molar-refractivity contribution in [2.45, 2.75) is 274 Å². The maximum Gasteiger partial charge on any atom is 0.262 e. The smallest absolute Gasteiger partial charge is 0.262 e. The molecule has 0 saturated carbocycles. The van der Waals surface area contributed by atoms with Crippen LogP contribution in [0.1, 0.15) is 315 Å². The summed E-state index contributed by atoms with van der Waals surface area (Å²) in [5.74, 6) is -0.677. The van der Waals surface area contributed by atoms with Gasteiger partial charge < -0.3 is 4.57 Å². The number of aromatic nitrogens is 1. The van der Waals surface area contributed by atoms with Crippen molar-refractivity contribution in [3.05, 3.63) is 180 Å². The normalized spacial score (nSPS) is 14.6. The van der Waals surface area contributed by atoms with Gasteiger partial charge in [0.15, 0.2) is 0 Å². The van der Waals surface area contributed by atoms with E-state index in [9.17, 15) is 0 Å². The van der Waals surface area contributed by atoms with Crippen LogP contribution in [0.5, 0.6) is 0 Å². The van der Waals surface area contributed by atoms with Crippen LogP contribution in [0.2, 0.25) is 0 Å². The summed E-state index contributed by atoms with van der Waals surface area (Å²) in [5, 5.41) is 17.8. The first-order valence-electron chi connectivity index (χ1n) is 47.7. The minimum Gasteiger partial charge on any atom is -0.305 e. The predicted molar refractivity (Wildman–Crippen MR) is 535 cm³/mol. The number of amides is 6. The average molecular weight is 1750 g/mol. The van der Waals surface area contributed by atoms with E-state index in [1.165, 1.54) is 9.75 Å². The van der Waals surface area contributed by atoms with Crippen molar-refractivity contribution in [3.8, 4) is 41.8 Å². The summed E-state index contributed by atoms with van der Waals surface area (Å²) >= 11 is 7.17. The Labute approximate surface area is 754 Å². The maximum absolute atomic E-state index is 16.9. The maximum atomic E-state index is 16.9. The minimum absolute atomic E-state index is 0.00381. The predicted octanol–water partition coefficient (Wildman–Crippen LogP) is 30.8. The first-order chi connectivity index (χ1) is 61.4. The van der Waals surface area contributed by atoms with Gasteiger partial charge in [-0.15, -0.1) is 45.3 Å². The number of hydrogen-bond donors (Lipinski definition) is 0. The average Bonchev–Trinajstić information content (AvgIpc) is 0.872. The summed E-state index contributed by atoms with van der Waals surface area (Å²) < 4.78 is 4.10. The second-order valence-electron chi connectivity index (χ2n) is 36.9. The van der Waals surface area contributed by atoms with E-state index in [-0.39, 0.29) is 65.2 Å². The Morgan fingerprint density at radius 3 is 0.960 bits per heavy atom. The Morgan fingerprint density at radius 1 is 0.270 bits per heavy atom. The molecule has 0 saturated heterocycles. The van der Waals surface area contributed by atoms with Crippen LogP contribution in [0.3, 0.4) is 0 Å². The molecule has 0 aliphatic carbocycles. The molecule has 11 nitrogen and oxygen atoms in total.